The van der Waals surface area contributed by atoms with Gasteiger partial charge in [0, 0.05) is 12.0 Å². The number of hydrogen-bond acceptors (Lipinski definition) is 12. The van der Waals surface area contributed by atoms with Crippen molar-refractivity contribution in [2.45, 2.75) is 12.8 Å². The lowest BCUT2D eigenvalue weighted by Gasteiger charge is -2.09. The molecule has 0 spiro atoms. The van der Waals surface area contributed by atoms with Gasteiger partial charge in [0.15, 0.2) is 0 Å². The zero-order chi connectivity index (χ0) is 28.4. The van der Waals surface area contributed by atoms with E-state index in [0.717, 1.165) is 6.29 Å². The molecule has 0 atom stereocenters. The van der Waals surface area contributed by atoms with Crippen LogP contribution in [0.1, 0.15) is 23.2 Å². The zero-order valence-corrected chi connectivity index (χ0v) is 22.0. The van der Waals surface area contributed by atoms with Gasteiger partial charge in [-0.3, -0.25) is 14.4 Å². The lowest BCUT2D eigenvalue weighted by molar-refractivity contribution is -0.151. The van der Waals surface area contributed by atoms with E-state index in [1.165, 1.54) is 0 Å². The first-order valence-electron chi connectivity index (χ1n) is 12.6. The molecule has 13 heteroatoms. The largest absolute Gasteiger partial charge is 0.491 e. The minimum atomic E-state index is -1.56. The van der Waals surface area contributed by atoms with Crippen LogP contribution in [0.5, 0.6) is 5.75 Å². The third kappa shape index (κ3) is 20.7. The molecule has 0 saturated heterocycles. The molecule has 0 heterocycles. The van der Waals surface area contributed by atoms with Crippen molar-refractivity contribution in [3.63, 3.8) is 0 Å². The summed E-state index contributed by atoms with van der Waals surface area (Å²) in [6.45, 7) is 5.20. The maximum Gasteiger partial charge on any atom is 0.372 e. The second kappa shape index (κ2) is 24.1. The molecule has 220 valence electrons. The number of rotatable bonds is 27. The highest BCUT2D eigenvalue weighted by Crippen LogP contribution is 2.10. The summed E-state index contributed by atoms with van der Waals surface area (Å²) < 4.78 is 42.5. The molecule has 0 saturated carbocycles. The van der Waals surface area contributed by atoms with Crippen molar-refractivity contribution in [1.29, 1.82) is 0 Å². The van der Waals surface area contributed by atoms with Crippen molar-refractivity contribution in [3.8, 4) is 5.75 Å². The van der Waals surface area contributed by atoms with Crippen molar-refractivity contribution in [3.05, 3.63) is 29.8 Å². The third-order valence-corrected chi connectivity index (χ3v) is 4.66. The van der Waals surface area contributed by atoms with Gasteiger partial charge >= 0.3 is 11.9 Å². The summed E-state index contributed by atoms with van der Waals surface area (Å²) in [5, 5.41) is 8.42. The third-order valence-electron chi connectivity index (χ3n) is 4.66. The number of ketones is 1. The van der Waals surface area contributed by atoms with Gasteiger partial charge in [0.1, 0.15) is 25.2 Å². The number of carboxylic acids is 1. The molecule has 0 aliphatic rings. The predicted octanol–water partition coefficient (Wildman–Crippen LogP) is 0.955. The maximum absolute atomic E-state index is 11.3. The van der Waals surface area contributed by atoms with Crippen LogP contribution in [-0.2, 0) is 47.5 Å². The second-order valence-electron chi connectivity index (χ2n) is 7.66. The van der Waals surface area contributed by atoms with E-state index in [9.17, 15) is 19.2 Å². The number of carbonyl (C=O) groups excluding carboxylic acids is 3. The number of Topliss-reactive ketones (excluding diaryl/α,β-unsaturated/α-hetero) is 1. The van der Waals surface area contributed by atoms with Gasteiger partial charge in [-0.25, -0.2) is 4.79 Å². The van der Waals surface area contributed by atoms with Crippen molar-refractivity contribution >= 4 is 24.0 Å². The minimum Gasteiger partial charge on any atom is -0.491 e. The van der Waals surface area contributed by atoms with E-state index in [-0.39, 0.29) is 26.1 Å². The average molecular weight is 559 g/mol. The Balaban J connectivity index is 1.72. The number of ether oxygens (including phenoxy) is 8. The van der Waals surface area contributed by atoms with Gasteiger partial charge in [-0.2, -0.15) is 0 Å². The average Bonchev–Trinajstić information content (AvgIpc) is 2.94. The molecule has 0 bridgehead atoms. The summed E-state index contributed by atoms with van der Waals surface area (Å²) in [6.07, 6.45) is 0.121. The van der Waals surface area contributed by atoms with Gasteiger partial charge in [0.2, 0.25) is 5.78 Å². The highest BCUT2D eigenvalue weighted by Gasteiger charge is 2.14. The standard InChI is InChI=1S/C26H38O13/c27-21-22-1-3-23(4-2-22)38-19-17-36-15-13-34-11-9-32-7-8-33-10-12-35-14-16-37-18-20-39-25(29)6-5-24(28)26(30)31/h1-4,21H,5-20H2,(H,30,31). The fourth-order valence-electron chi connectivity index (χ4n) is 2.67. The monoisotopic (exact) mass is 558 g/mol. The van der Waals surface area contributed by atoms with Crippen LogP contribution in [0.4, 0.5) is 0 Å². The van der Waals surface area contributed by atoms with E-state index < -0.39 is 17.7 Å². The summed E-state index contributed by atoms with van der Waals surface area (Å²) in [6, 6.07) is 6.86. The Morgan fingerprint density at radius 2 is 1.00 bits per heavy atom. The Labute approximate surface area is 227 Å². The van der Waals surface area contributed by atoms with Crippen molar-refractivity contribution in [2.24, 2.45) is 0 Å². The molecule has 1 aromatic carbocycles. The van der Waals surface area contributed by atoms with Crippen LogP contribution in [0.25, 0.3) is 0 Å². The second-order valence-corrected chi connectivity index (χ2v) is 7.66. The van der Waals surface area contributed by atoms with E-state index in [0.29, 0.717) is 90.6 Å². The van der Waals surface area contributed by atoms with Gasteiger partial charge in [0.05, 0.1) is 85.7 Å². The van der Waals surface area contributed by atoms with E-state index in [1.54, 1.807) is 24.3 Å². The summed E-state index contributed by atoms with van der Waals surface area (Å²) >= 11 is 0. The lowest BCUT2D eigenvalue weighted by atomic mass is 10.2. The topological polar surface area (TPSA) is 162 Å². The number of aldehydes is 1. The fourth-order valence-corrected chi connectivity index (χ4v) is 2.67. The number of hydrogen-bond donors (Lipinski definition) is 1. The summed E-state index contributed by atoms with van der Waals surface area (Å²) in [4.78, 5) is 43.1. The van der Waals surface area contributed by atoms with Crippen LogP contribution in [-0.4, -0.2) is 122 Å². The first-order valence-corrected chi connectivity index (χ1v) is 12.6. The SMILES string of the molecule is O=Cc1ccc(OCCOCCOCCOCCOCCOCCOCCOC(=O)CCC(=O)C(=O)O)cc1. The Hall–Kier alpha value is -2.94. The molecule has 0 amide bonds. The minimum absolute atomic E-state index is 0.0127. The molecular weight excluding hydrogens is 520 g/mol. The highest BCUT2D eigenvalue weighted by atomic mass is 16.6. The van der Waals surface area contributed by atoms with Crippen LogP contribution in [0.3, 0.4) is 0 Å². The number of carboxylic acid groups (broad SMARTS) is 1. The molecule has 0 fully saturated rings. The van der Waals surface area contributed by atoms with Crippen molar-refractivity contribution in [2.75, 3.05) is 92.5 Å². The molecule has 1 N–H and O–H groups in total. The summed E-state index contributed by atoms with van der Waals surface area (Å²) in [7, 11) is 0. The van der Waals surface area contributed by atoms with Gasteiger partial charge in [-0.05, 0) is 24.3 Å². The van der Waals surface area contributed by atoms with Gasteiger partial charge in [-0.15, -0.1) is 0 Å². The first kappa shape index (κ1) is 34.1. The maximum atomic E-state index is 11.3. The Morgan fingerprint density at radius 3 is 1.41 bits per heavy atom. The molecule has 39 heavy (non-hydrogen) atoms. The van der Waals surface area contributed by atoms with Gasteiger partial charge in [0.25, 0.3) is 0 Å². The quantitative estimate of drug-likeness (QED) is 0.0704. The first-order chi connectivity index (χ1) is 19.0. The Morgan fingerprint density at radius 1 is 0.590 bits per heavy atom. The number of benzene rings is 1. The van der Waals surface area contributed by atoms with Crippen molar-refractivity contribution < 1.29 is 62.2 Å². The fraction of sp³-hybridized carbons (Fsp3) is 0.615. The highest BCUT2D eigenvalue weighted by molar-refractivity contribution is 6.32. The predicted molar refractivity (Wildman–Crippen MR) is 135 cm³/mol. The van der Waals surface area contributed by atoms with Crippen LogP contribution in [0.15, 0.2) is 24.3 Å². The molecule has 13 nitrogen and oxygen atoms in total. The Bertz CT molecular complexity index is 798. The smallest absolute Gasteiger partial charge is 0.372 e. The van der Waals surface area contributed by atoms with Gasteiger partial charge < -0.3 is 43.0 Å². The van der Waals surface area contributed by atoms with Crippen LogP contribution < -0.4 is 4.74 Å². The van der Waals surface area contributed by atoms with Crippen molar-refractivity contribution in [1.82, 2.24) is 0 Å². The van der Waals surface area contributed by atoms with Crippen LogP contribution >= 0.6 is 0 Å². The Kier molecular flexibility index (Phi) is 21.1. The van der Waals surface area contributed by atoms with Crippen LogP contribution in [0.2, 0.25) is 0 Å². The normalized spacial score (nSPS) is 10.8. The summed E-state index contributed by atoms with van der Waals surface area (Å²) in [5.41, 5.74) is 0.603. The number of aliphatic carboxylic acids is 1. The number of carbonyl (C=O) groups is 4. The molecule has 0 aromatic heterocycles. The number of esters is 1. The molecule has 0 aliphatic heterocycles. The zero-order valence-electron chi connectivity index (χ0n) is 22.0. The molecule has 1 rings (SSSR count). The van der Waals surface area contributed by atoms with Crippen LogP contribution in [0, 0.1) is 0 Å². The van der Waals surface area contributed by atoms with E-state index in [4.69, 9.17) is 43.0 Å². The molecule has 0 radical (unpaired) electrons. The van der Waals surface area contributed by atoms with E-state index >= 15 is 0 Å². The molecule has 0 aliphatic carbocycles. The van der Waals surface area contributed by atoms with E-state index in [1.807, 2.05) is 0 Å². The molecule has 0 unspecified atom stereocenters. The molecular formula is C26H38O13. The van der Waals surface area contributed by atoms with E-state index in [2.05, 4.69) is 0 Å². The lowest BCUT2D eigenvalue weighted by Crippen LogP contribution is -2.17. The summed E-state index contributed by atoms with van der Waals surface area (Å²) in [5.74, 6) is -2.56. The van der Waals surface area contributed by atoms with Gasteiger partial charge in [-0.1, -0.05) is 0 Å². The molecule has 1 aromatic rings.